The number of halogens is 1. The standard InChI is InChI=1S/C14H11BrN2O5/c15-12-10-5-6-11(16(10)13(12)18)14(19)22-7-8-1-3-9(4-2-8)17(20)21/h1-4,6,10,12H,5,7H2/t10-,12+/m1/s1. The van der Waals surface area contributed by atoms with Crippen LogP contribution in [0, 0.1) is 10.1 Å². The molecule has 2 heterocycles. The van der Waals surface area contributed by atoms with Crippen molar-refractivity contribution in [2.24, 2.45) is 0 Å². The predicted molar refractivity (Wildman–Crippen MR) is 78.9 cm³/mol. The number of alkyl halides is 1. The van der Waals surface area contributed by atoms with Crippen LogP contribution in [0.3, 0.4) is 0 Å². The second-order valence-corrected chi connectivity index (χ2v) is 5.99. The van der Waals surface area contributed by atoms with Crippen molar-refractivity contribution in [2.45, 2.75) is 23.9 Å². The summed E-state index contributed by atoms with van der Waals surface area (Å²) in [6.45, 7) is -0.00138. The Morgan fingerprint density at radius 2 is 2.09 bits per heavy atom. The van der Waals surface area contributed by atoms with Gasteiger partial charge in [0.2, 0.25) is 5.91 Å². The molecule has 0 unspecified atom stereocenters. The van der Waals surface area contributed by atoms with E-state index in [4.69, 9.17) is 4.74 Å². The van der Waals surface area contributed by atoms with E-state index in [0.717, 1.165) is 0 Å². The number of hydrogen-bond donors (Lipinski definition) is 0. The number of hydrogen-bond acceptors (Lipinski definition) is 5. The van der Waals surface area contributed by atoms with Gasteiger partial charge >= 0.3 is 5.97 Å². The van der Waals surface area contributed by atoms with E-state index in [1.165, 1.54) is 29.2 Å². The highest BCUT2D eigenvalue weighted by atomic mass is 79.9. The molecule has 2 atom stereocenters. The molecule has 1 fully saturated rings. The molecule has 0 N–H and O–H groups in total. The molecule has 8 heteroatoms. The van der Waals surface area contributed by atoms with Crippen LogP contribution in [0.2, 0.25) is 0 Å². The number of rotatable bonds is 4. The topological polar surface area (TPSA) is 89.7 Å². The molecular formula is C14H11BrN2O5. The van der Waals surface area contributed by atoms with Crippen LogP contribution in [0.5, 0.6) is 0 Å². The van der Waals surface area contributed by atoms with Crippen molar-refractivity contribution in [3.05, 3.63) is 51.7 Å². The molecule has 114 valence electrons. The maximum atomic E-state index is 12.0. The average molecular weight is 367 g/mol. The fraction of sp³-hybridized carbons (Fsp3) is 0.286. The Morgan fingerprint density at radius 1 is 1.41 bits per heavy atom. The molecule has 0 aromatic heterocycles. The van der Waals surface area contributed by atoms with Crippen LogP contribution in [0.1, 0.15) is 12.0 Å². The number of carbonyl (C=O) groups is 2. The summed E-state index contributed by atoms with van der Waals surface area (Å²) in [7, 11) is 0. The summed E-state index contributed by atoms with van der Waals surface area (Å²) in [6.07, 6.45) is 2.33. The minimum absolute atomic E-state index is 0.00138. The molecule has 1 aromatic carbocycles. The molecule has 0 saturated carbocycles. The number of nitro benzene ring substituents is 1. The predicted octanol–water partition coefficient (Wildman–Crippen LogP) is 1.90. The molecule has 0 bridgehead atoms. The van der Waals surface area contributed by atoms with Gasteiger partial charge in [0.25, 0.3) is 5.69 Å². The van der Waals surface area contributed by atoms with Gasteiger partial charge in [-0.05, 0) is 24.1 Å². The Morgan fingerprint density at radius 3 is 2.73 bits per heavy atom. The Kier molecular flexibility index (Phi) is 3.69. The van der Waals surface area contributed by atoms with Crippen molar-refractivity contribution in [3.8, 4) is 0 Å². The van der Waals surface area contributed by atoms with E-state index < -0.39 is 10.9 Å². The zero-order chi connectivity index (χ0) is 15.9. The number of fused-ring (bicyclic) bond motifs is 1. The highest BCUT2D eigenvalue weighted by Crippen LogP contribution is 2.38. The molecular weight excluding hydrogens is 356 g/mol. The molecule has 1 amide bonds. The summed E-state index contributed by atoms with van der Waals surface area (Å²) in [5, 5.41) is 10.6. The van der Waals surface area contributed by atoms with E-state index >= 15 is 0 Å². The maximum absolute atomic E-state index is 12.0. The van der Waals surface area contributed by atoms with Gasteiger partial charge in [0.05, 0.1) is 11.0 Å². The second kappa shape index (κ2) is 5.53. The van der Waals surface area contributed by atoms with Gasteiger partial charge in [-0.1, -0.05) is 22.0 Å². The van der Waals surface area contributed by atoms with E-state index in [1.54, 1.807) is 6.08 Å². The van der Waals surface area contributed by atoms with E-state index in [-0.39, 0.29) is 34.8 Å². The van der Waals surface area contributed by atoms with Gasteiger partial charge in [-0.3, -0.25) is 14.9 Å². The summed E-state index contributed by atoms with van der Waals surface area (Å²) in [4.78, 5) is 35.0. The van der Waals surface area contributed by atoms with Gasteiger partial charge in [-0.25, -0.2) is 4.79 Å². The Hall–Kier alpha value is -2.22. The van der Waals surface area contributed by atoms with Crippen LogP contribution in [0.15, 0.2) is 36.0 Å². The van der Waals surface area contributed by atoms with Crippen molar-refractivity contribution in [2.75, 3.05) is 0 Å². The first-order chi connectivity index (χ1) is 10.5. The summed E-state index contributed by atoms with van der Waals surface area (Å²) >= 11 is 3.27. The largest absolute Gasteiger partial charge is 0.456 e. The first-order valence-electron chi connectivity index (χ1n) is 6.57. The van der Waals surface area contributed by atoms with Crippen LogP contribution in [0.4, 0.5) is 5.69 Å². The number of nitrogens with zero attached hydrogens (tertiary/aromatic N) is 2. The lowest BCUT2D eigenvalue weighted by molar-refractivity contribution is -0.384. The fourth-order valence-corrected chi connectivity index (χ4v) is 3.15. The summed E-state index contributed by atoms with van der Waals surface area (Å²) in [5.74, 6) is -0.699. The van der Waals surface area contributed by atoms with Gasteiger partial charge in [-0.2, -0.15) is 0 Å². The van der Waals surface area contributed by atoms with Gasteiger partial charge in [0.15, 0.2) is 0 Å². The van der Waals surface area contributed by atoms with Gasteiger partial charge in [-0.15, -0.1) is 0 Å². The number of nitro groups is 1. The van der Waals surface area contributed by atoms with Crippen molar-refractivity contribution < 1.29 is 19.2 Å². The molecule has 0 aliphatic carbocycles. The van der Waals surface area contributed by atoms with Crippen LogP contribution < -0.4 is 0 Å². The fourth-order valence-electron chi connectivity index (χ4n) is 2.48. The van der Waals surface area contributed by atoms with Crippen LogP contribution in [-0.2, 0) is 20.9 Å². The number of benzene rings is 1. The van der Waals surface area contributed by atoms with E-state index in [0.29, 0.717) is 12.0 Å². The highest BCUT2D eigenvalue weighted by Gasteiger charge is 2.51. The van der Waals surface area contributed by atoms with E-state index in [9.17, 15) is 19.7 Å². The van der Waals surface area contributed by atoms with Crippen molar-refractivity contribution in [3.63, 3.8) is 0 Å². The molecule has 3 rings (SSSR count). The molecule has 0 spiro atoms. The first kappa shape index (κ1) is 14.7. The SMILES string of the molecule is O=C(OCc1ccc([N+](=O)[O-])cc1)C1=CC[C@@H]2[C@H](Br)C(=O)N12. The third-order valence-electron chi connectivity index (χ3n) is 3.68. The first-order valence-corrected chi connectivity index (χ1v) is 7.48. The van der Waals surface area contributed by atoms with Crippen LogP contribution in [0.25, 0.3) is 0 Å². The van der Waals surface area contributed by atoms with Gasteiger partial charge in [0, 0.05) is 12.1 Å². The summed E-state index contributed by atoms with van der Waals surface area (Å²) in [6, 6.07) is 5.75. The molecule has 1 aromatic rings. The number of esters is 1. The van der Waals surface area contributed by atoms with E-state index in [2.05, 4.69) is 15.9 Å². The molecule has 0 radical (unpaired) electrons. The minimum Gasteiger partial charge on any atom is -0.456 e. The minimum atomic E-state index is -0.561. The smallest absolute Gasteiger partial charge is 0.355 e. The zero-order valence-corrected chi connectivity index (χ0v) is 12.9. The number of β-lactam (4-membered cyclic amide) rings is 1. The molecule has 7 nitrogen and oxygen atoms in total. The Bertz CT molecular complexity index is 685. The average Bonchev–Trinajstić information content (AvgIpc) is 2.93. The van der Waals surface area contributed by atoms with Crippen molar-refractivity contribution in [1.29, 1.82) is 0 Å². The quantitative estimate of drug-likeness (QED) is 0.267. The molecule has 22 heavy (non-hydrogen) atoms. The van der Waals surface area contributed by atoms with Crippen LogP contribution >= 0.6 is 15.9 Å². The lowest BCUT2D eigenvalue weighted by Gasteiger charge is -2.40. The molecule has 1 saturated heterocycles. The third-order valence-corrected chi connectivity index (χ3v) is 4.68. The number of non-ortho nitro benzene ring substituents is 1. The normalized spacial score (nSPS) is 22.7. The lowest BCUT2D eigenvalue weighted by Crippen LogP contribution is -2.59. The Balaban J connectivity index is 1.59. The van der Waals surface area contributed by atoms with Crippen molar-refractivity contribution >= 4 is 33.5 Å². The number of carbonyl (C=O) groups excluding carboxylic acids is 2. The highest BCUT2D eigenvalue weighted by molar-refractivity contribution is 9.10. The molecule has 2 aliphatic rings. The summed E-state index contributed by atoms with van der Waals surface area (Å²) in [5.41, 5.74) is 0.890. The van der Waals surface area contributed by atoms with Crippen molar-refractivity contribution in [1.82, 2.24) is 4.90 Å². The lowest BCUT2D eigenvalue weighted by atomic mass is 10.0. The third kappa shape index (κ3) is 2.39. The van der Waals surface area contributed by atoms with Gasteiger partial charge < -0.3 is 9.64 Å². The second-order valence-electron chi connectivity index (χ2n) is 5.00. The van der Waals surface area contributed by atoms with Crippen LogP contribution in [-0.4, -0.2) is 32.6 Å². The van der Waals surface area contributed by atoms with Gasteiger partial charge in [0.1, 0.15) is 17.1 Å². The Labute approximate surface area is 133 Å². The monoisotopic (exact) mass is 366 g/mol. The number of ether oxygens (including phenoxy) is 1. The molecule has 2 aliphatic heterocycles. The maximum Gasteiger partial charge on any atom is 0.355 e. The zero-order valence-electron chi connectivity index (χ0n) is 11.3. The number of amides is 1. The summed E-state index contributed by atoms with van der Waals surface area (Å²) < 4.78 is 5.16. The van der Waals surface area contributed by atoms with E-state index in [1.807, 2.05) is 0 Å².